The topological polar surface area (TPSA) is 57.5 Å². The smallest absolute Gasteiger partial charge is 0.309 e. The van der Waals surface area contributed by atoms with E-state index in [1.165, 1.54) is 19.9 Å². The summed E-state index contributed by atoms with van der Waals surface area (Å²) in [6.07, 6.45) is -1.32. The first-order chi connectivity index (χ1) is 8.15. The summed E-state index contributed by atoms with van der Waals surface area (Å²) >= 11 is 8.89. The molecule has 3 nitrogen and oxygen atoms in total. The lowest BCUT2D eigenvalue weighted by atomic mass is 9.85. The molecule has 0 aromatic heterocycles. The van der Waals surface area contributed by atoms with Gasteiger partial charge in [-0.25, -0.2) is 4.39 Å². The number of hydrogen-bond donors (Lipinski definition) is 2. The summed E-state index contributed by atoms with van der Waals surface area (Å²) in [6.45, 7) is 2.94. The Morgan fingerprint density at radius 2 is 2.11 bits per heavy atom. The van der Waals surface area contributed by atoms with Crippen LogP contribution in [0.4, 0.5) is 4.39 Å². The van der Waals surface area contributed by atoms with Crippen molar-refractivity contribution in [2.75, 3.05) is 0 Å². The lowest BCUT2D eigenvalue weighted by molar-refractivity contribution is -0.148. The number of aliphatic hydroxyl groups excluding tert-OH is 1. The fraction of sp³-hybridized carbons (Fsp3) is 0.417. The zero-order valence-electron chi connectivity index (χ0n) is 9.88. The summed E-state index contributed by atoms with van der Waals surface area (Å²) in [6, 6.07) is 2.44. The van der Waals surface area contributed by atoms with E-state index in [1.807, 2.05) is 0 Å². The predicted octanol–water partition coefficient (Wildman–Crippen LogP) is 3.78. The number of aliphatic hydroxyl groups is 1. The molecule has 0 spiro atoms. The van der Waals surface area contributed by atoms with E-state index >= 15 is 0 Å². The van der Waals surface area contributed by atoms with Crippen molar-refractivity contribution in [1.82, 2.24) is 0 Å². The number of halogens is 3. The number of hydrogen-bond acceptors (Lipinski definition) is 2. The second-order valence-electron chi connectivity index (χ2n) is 4.70. The van der Waals surface area contributed by atoms with Crippen molar-refractivity contribution in [3.63, 3.8) is 0 Å². The molecule has 2 N–H and O–H groups in total. The Bertz CT molecular complexity index is 477. The number of benzene rings is 1. The van der Waals surface area contributed by atoms with Gasteiger partial charge in [0.15, 0.2) is 0 Å². The predicted molar refractivity (Wildman–Crippen MR) is 70.1 cm³/mol. The van der Waals surface area contributed by atoms with Crippen LogP contribution >= 0.6 is 27.5 Å². The summed E-state index contributed by atoms with van der Waals surface area (Å²) < 4.78 is 14.0. The van der Waals surface area contributed by atoms with E-state index < -0.39 is 23.3 Å². The lowest BCUT2D eigenvalue weighted by Crippen LogP contribution is -2.26. The number of carboxylic acid groups (broad SMARTS) is 1. The minimum Gasteiger partial charge on any atom is -0.481 e. The maximum Gasteiger partial charge on any atom is 0.309 e. The van der Waals surface area contributed by atoms with Crippen LogP contribution in [0.3, 0.4) is 0 Å². The Hall–Kier alpha value is -0.650. The molecular weight excluding hydrogens is 326 g/mol. The molecule has 0 saturated carbocycles. The number of carboxylic acids is 1. The minimum absolute atomic E-state index is 0.00229. The van der Waals surface area contributed by atoms with Crippen LogP contribution in [0.1, 0.15) is 31.9 Å². The van der Waals surface area contributed by atoms with Crippen LogP contribution in [0.15, 0.2) is 16.6 Å². The summed E-state index contributed by atoms with van der Waals surface area (Å²) in [7, 11) is 0. The van der Waals surface area contributed by atoms with Crippen LogP contribution in [0.25, 0.3) is 0 Å². The molecule has 0 heterocycles. The average Bonchev–Trinajstić information content (AvgIpc) is 2.22. The van der Waals surface area contributed by atoms with Crippen molar-refractivity contribution in [2.45, 2.75) is 26.4 Å². The largest absolute Gasteiger partial charge is 0.481 e. The van der Waals surface area contributed by atoms with Gasteiger partial charge < -0.3 is 10.2 Å². The molecular formula is C12H13BrClFO3. The molecule has 0 aliphatic carbocycles. The maximum atomic E-state index is 13.7. The Kier molecular flexibility index (Phi) is 4.75. The molecule has 1 atom stereocenters. The average molecular weight is 340 g/mol. The molecule has 18 heavy (non-hydrogen) atoms. The zero-order valence-corrected chi connectivity index (χ0v) is 12.2. The number of carbonyl (C=O) groups is 1. The summed E-state index contributed by atoms with van der Waals surface area (Å²) in [5.41, 5.74) is -1.15. The quantitative estimate of drug-likeness (QED) is 0.821. The van der Waals surface area contributed by atoms with E-state index in [9.17, 15) is 14.3 Å². The van der Waals surface area contributed by atoms with Gasteiger partial charge in [-0.05, 0) is 48.3 Å². The minimum atomic E-state index is -1.22. The number of aliphatic carboxylic acids is 1. The molecule has 1 aromatic rings. The van der Waals surface area contributed by atoms with Crippen molar-refractivity contribution in [2.24, 2.45) is 5.41 Å². The van der Waals surface area contributed by atoms with Gasteiger partial charge in [0.25, 0.3) is 0 Å². The second kappa shape index (κ2) is 5.55. The Balaban J connectivity index is 3.01. The van der Waals surface area contributed by atoms with Gasteiger partial charge in [-0.15, -0.1) is 0 Å². The van der Waals surface area contributed by atoms with Gasteiger partial charge in [-0.2, -0.15) is 0 Å². The summed E-state index contributed by atoms with van der Waals surface area (Å²) in [4.78, 5) is 11.0. The fourth-order valence-corrected chi connectivity index (χ4v) is 1.96. The molecule has 100 valence electrons. The van der Waals surface area contributed by atoms with Crippen LogP contribution in [-0.4, -0.2) is 16.2 Å². The Morgan fingerprint density at radius 3 is 2.61 bits per heavy atom. The highest BCUT2D eigenvalue weighted by Gasteiger charge is 2.31. The maximum absolute atomic E-state index is 13.7. The van der Waals surface area contributed by atoms with E-state index in [1.54, 1.807) is 0 Å². The standard InChI is InChI=1S/C12H13BrClFO3/c1-12(2,11(17)18)5-10(16)6-3-8(14)7(13)4-9(6)15/h3-4,10,16H,5H2,1-2H3,(H,17,18). The molecule has 0 bridgehead atoms. The third-order valence-corrected chi connectivity index (χ3v) is 3.88. The highest BCUT2D eigenvalue weighted by Crippen LogP contribution is 2.34. The van der Waals surface area contributed by atoms with Gasteiger partial charge in [0, 0.05) is 10.0 Å². The van der Waals surface area contributed by atoms with Crippen molar-refractivity contribution < 1.29 is 19.4 Å². The van der Waals surface area contributed by atoms with E-state index in [0.29, 0.717) is 4.47 Å². The highest BCUT2D eigenvalue weighted by atomic mass is 79.9. The van der Waals surface area contributed by atoms with Gasteiger partial charge in [-0.3, -0.25) is 4.79 Å². The molecule has 1 unspecified atom stereocenters. The summed E-state index contributed by atoms with van der Waals surface area (Å²) in [5, 5.41) is 19.2. The summed E-state index contributed by atoms with van der Waals surface area (Å²) in [5.74, 6) is -1.68. The molecule has 6 heteroatoms. The van der Waals surface area contributed by atoms with Crippen molar-refractivity contribution in [3.8, 4) is 0 Å². The van der Waals surface area contributed by atoms with Gasteiger partial charge in [0.1, 0.15) is 5.82 Å². The van der Waals surface area contributed by atoms with Crippen LogP contribution in [-0.2, 0) is 4.79 Å². The molecule has 1 aromatic carbocycles. The monoisotopic (exact) mass is 338 g/mol. The Labute approximate surface area is 118 Å². The molecule has 0 aliphatic heterocycles. The fourth-order valence-electron chi connectivity index (χ4n) is 1.47. The van der Waals surface area contributed by atoms with Crippen molar-refractivity contribution in [1.29, 1.82) is 0 Å². The molecule has 1 rings (SSSR count). The van der Waals surface area contributed by atoms with Gasteiger partial charge >= 0.3 is 5.97 Å². The van der Waals surface area contributed by atoms with Crippen molar-refractivity contribution >= 4 is 33.5 Å². The molecule has 0 fully saturated rings. The molecule has 0 radical (unpaired) electrons. The van der Waals surface area contributed by atoms with Gasteiger partial charge in [0.05, 0.1) is 16.5 Å². The zero-order chi connectivity index (χ0) is 14.1. The molecule has 0 saturated heterocycles. The second-order valence-corrected chi connectivity index (χ2v) is 5.96. The third-order valence-electron chi connectivity index (χ3n) is 2.68. The van der Waals surface area contributed by atoms with E-state index in [2.05, 4.69) is 15.9 Å². The first kappa shape index (κ1) is 15.4. The van der Waals surface area contributed by atoms with Gasteiger partial charge in [-0.1, -0.05) is 11.6 Å². The normalized spacial score (nSPS) is 13.4. The highest BCUT2D eigenvalue weighted by molar-refractivity contribution is 9.10. The van der Waals surface area contributed by atoms with E-state index in [-0.39, 0.29) is 17.0 Å². The first-order valence-electron chi connectivity index (χ1n) is 5.21. The molecule has 0 aliphatic rings. The van der Waals surface area contributed by atoms with Crippen LogP contribution in [0.2, 0.25) is 5.02 Å². The Morgan fingerprint density at radius 1 is 1.56 bits per heavy atom. The number of rotatable bonds is 4. The first-order valence-corrected chi connectivity index (χ1v) is 6.38. The third kappa shape index (κ3) is 3.43. The van der Waals surface area contributed by atoms with Crippen molar-refractivity contribution in [3.05, 3.63) is 33.0 Å². The van der Waals surface area contributed by atoms with Crippen LogP contribution in [0.5, 0.6) is 0 Å². The lowest BCUT2D eigenvalue weighted by Gasteiger charge is -2.23. The van der Waals surface area contributed by atoms with Crippen LogP contribution in [0, 0.1) is 11.2 Å². The van der Waals surface area contributed by atoms with Crippen LogP contribution < -0.4 is 0 Å². The molecule has 0 amide bonds. The van der Waals surface area contributed by atoms with Gasteiger partial charge in [0.2, 0.25) is 0 Å². The SMILES string of the molecule is CC(C)(CC(O)c1cc(Cl)c(Br)cc1F)C(=O)O. The van der Waals surface area contributed by atoms with E-state index in [4.69, 9.17) is 16.7 Å². The van der Waals surface area contributed by atoms with E-state index in [0.717, 1.165) is 6.07 Å².